The average Bonchev–Trinajstić information content (AvgIpc) is 2.23. The minimum Gasteiger partial charge on any atom is -0.387 e. The van der Waals surface area contributed by atoms with Gasteiger partial charge in [0.25, 0.3) is 0 Å². The van der Waals surface area contributed by atoms with E-state index in [0.717, 1.165) is 23.8 Å². The quantitative estimate of drug-likeness (QED) is 0.851. The van der Waals surface area contributed by atoms with E-state index < -0.39 is 6.10 Å². The predicted octanol–water partition coefficient (Wildman–Crippen LogP) is 2.02. The zero-order valence-corrected chi connectivity index (χ0v) is 9.54. The van der Waals surface area contributed by atoms with Gasteiger partial charge in [-0.3, -0.25) is 4.98 Å². The first-order valence-electron chi connectivity index (χ1n) is 5.18. The van der Waals surface area contributed by atoms with Crippen molar-refractivity contribution in [2.24, 2.45) is 0 Å². The summed E-state index contributed by atoms with van der Waals surface area (Å²) in [5.41, 5.74) is 0.756. The molecule has 0 bridgehead atoms. The highest BCUT2D eigenvalue weighted by Crippen LogP contribution is 2.28. The van der Waals surface area contributed by atoms with E-state index in [4.69, 9.17) is 4.74 Å². The molecule has 1 aromatic heterocycles. The molecule has 1 saturated heterocycles. The molecule has 4 heteroatoms. The van der Waals surface area contributed by atoms with Crippen LogP contribution in [0.4, 0.5) is 0 Å². The molecule has 0 amide bonds. The van der Waals surface area contributed by atoms with Gasteiger partial charge in [-0.05, 0) is 18.6 Å². The van der Waals surface area contributed by atoms with Crippen LogP contribution in [-0.2, 0) is 4.74 Å². The van der Waals surface area contributed by atoms with Crippen LogP contribution < -0.4 is 0 Å². The number of aliphatic hydroxyl groups excluding tert-OH is 1. The molecule has 0 aliphatic carbocycles. The van der Waals surface area contributed by atoms with Gasteiger partial charge in [0, 0.05) is 11.1 Å². The van der Waals surface area contributed by atoms with Gasteiger partial charge in [-0.2, -0.15) is 0 Å². The summed E-state index contributed by atoms with van der Waals surface area (Å²) in [5.74, 6) is 0. The molecule has 1 aromatic rings. The maximum Gasteiger partial charge on any atom is 0.0957 e. The Labute approximate surface area is 93.9 Å². The third-order valence-electron chi connectivity index (χ3n) is 2.40. The second kappa shape index (κ2) is 4.96. The Morgan fingerprint density at radius 2 is 2.40 bits per heavy atom. The summed E-state index contributed by atoms with van der Waals surface area (Å²) in [6, 6.07) is 3.92. The van der Waals surface area contributed by atoms with Gasteiger partial charge in [0.2, 0.25) is 0 Å². The molecule has 82 valence electrons. The molecule has 0 saturated carbocycles. The van der Waals surface area contributed by atoms with Crippen molar-refractivity contribution >= 4 is 11.8 Å². The normalized spacial score (nSPS) is 18.5. The second-order valence-corrected chi connectivity index (χ2v) is 4.99. The van der Waals surface area contributed by atoms with Crippen LogP contribution in [0.15, 0.2) is 23.2 Å². The standard InChI is InChI=1S/C11H15NO2S/c1-2-11(13)10-4-3-8(5-12-10)15-9-6-14-7-9/h3-5,9,11,13H,2,6-7H2,1H3/t11-/m0/s1. The summed E-state index contributed by atoms with van der Waals surface area (Å²) < 4.78 is 5.11. The summed E-state index contributed by atoms with van der Waals surface area (Å²) >= 11 is 1.79. The first kappa shape index (κ1) is 10.9. The molecule has 1 N–H and O–H groups in total. The van der Waals surface area contributed by atoms with Crippen LogP contribution in [0, 0.1) is 0 Å². The number of rotatable bonds is 4. The van der Waals surface area contributed by atoms with Crippen molar-refractivity contribution in [3.63, 3.8) is 0 Å². The van der Waals surface area contributed by atoms with Crippen molar-refractivity contribution in [3.8, 4) is 0 Å². The fourth-order valence-electron chi connectivity index (χ4n) is 1.34. The van der Waals surface area contributed by atoms with Crippen molar-refractivity contribution in [2.45, 2.75) is 29.6 Å². The van der Waals surface area contributed by atoms with Crippen molar-refractivity contribution in [2.75, 3.05) is 13.2 Å². The van der Waals surface area contributed by atoms with Crippen LogP contribution in [0.25, 0.3) is 0 Å². The van der Waals surface area contributed by atoms with E-state index >= 15 is 0 Å². The van der Waals surface area contributed by atoms with E-state index in [0.29, 0.717) is 11.7 Å². The number of hydrogen-bond donors (Lipinski definition) is 1. The van der Waals surface area contributed by atoms with Crippen LogP contribution >= 0.6 is 11.8 Å². The highest BCUT2D eigenvalue weighted by atomic mass is 32.2. The third-order valence-corrected chi connectivity index (χ3v) is 3.52. The highest BCUT2D eigenvalue weighted by molar-refractivity contribution is 8.00. The smallest absolute Gasteiger partial charge is 0.0957 e. The molecular formula is C11H15NO2S. The van der Waals surface area contributed by atoms with Gasteiger partial charge >= 0.3 is 0 Å². The van der Waals surface area contributed by atoms with Gasteiger partial charge < -0.3 is 9.84 Å². The zero-order valence-electron chi connectivity index (χ0n) is 8.72. The van der Waals surface area contributed by atoms with Crippen LogP contribution in [0.5, 0.6) is 0 Å². The van der Waals surface area contributed by atoms with Crippen LogP contribution in [0.1, 0.15) is 25.1 Å². The van der Waals surface area contributed by atoms with Crippen LogP contribution in [0.3, 0.4) is 0 Å². The lowest BCUT2D eigenvalue weighted by Crippen LogP contribution is -2.30. The Morgan fingerprint density at radius 1 is 1.60 bits per heavy atom. The fraction of sp³-hybridized carbons (Fsp3) is 0.545. The first-order chi connectivity index (χ1) is 7.29. The number of nitrogens with zero attached hydrogens (tertiary/aromatic N) is 1. The van der Waals surface area contributed by atoms with Crippen molar-refractivity contribution in [1.82, 2.24) is 4.98 Å². The number of hydrogen-bond acceptors (Lipinski definition) is 4. The molecule has 1 aliphatic heterocycles. The monoisotopic (exact) mass is 225 g/mol. The van der Waals surface area contributed by atoms with Gasteiger partial charge in [0.05, 0.1) is 30.3 Å². The minimum atomic E-state index is -0.434. The van der Waals surface area contributed by atoms with Crippen LogP contribution in [-0.4, -0.2) is 28.6 Å². The Kier molecular flexibility index (Phi) is 3.61. The van der Waals surface area contributed by atoms with Crippen LogP contribution in [0.2, 0.25) is 0 Å². The van der Waals surface area contributed by atoms with E-state index in [1.807, 2.05) is 25.3 Å². The third kappa shape index (κ3) is 2.71. The molecular weight excluding hydrogens is 210 g/mol. The molecule has 0 radical (unpaired) electrons. The summed E-state index contributed by atoms with van der Waals surface area (Å²) in [6.07, 6.45) is 2.10. The molecule has 3 nitrogen and oxygen atoms in total. The Bertz CT molecular complexity index is 311. The van der Waals surface area contributed by atoms with E-state index in [-0.39, 0.29) is 0 Å². The molecule has 2 rings (SSSR count). The molecule has 1 atom stereocenters. The van der Waals surface area contributed by atoms with Crippen molar-refractivity contribution < 1.29 is 9.84 Å². The summed E-state index contributed by atoms with van der Waals surface area (Å²) in [6.45, 7) is 3.62. The van der Waals surface area contributed by atoms with Crippen molar-refractivity contribution in [3.05, 3.63) is 24.0 Å². The molecule has 2 heterocycles. The van der Waals surface area contributed by atoms with E-state index in [9.17, 15) is 5.11 Å². The number of ether oxygens (including phenoxy) is 1. The minimum absolute atomic E-state index is 0.434. The summed E-state index contributed by atoms with van der Waals surface area (Å²) in [4.78, 5) is 5.40. The highest BCUT2D eigenvalue weighted by Gasteiger charge is 2.19. The molecule has 0 aromatic carbocycles. The Hall–Kier alpha value is -0.580. The van der Waals surface area contributed by atoms with Crippen molar-refractivity contribution in [1.29, 1.82) is 0 Å². The summed E-state index contributed by atoms with van der Waals surface area (Å²) in [7, 11) is 0. The lowest BCUT2D eigenvalue weighted by molar-refractivity contribution is 0.0455. The maximum absolute atomic E-state index is 9.57. The number of thioether (sulfide) groups is 1. The van der Waals surface area contributed by atoms with Gasteiger partial charge in [0.1, 0.15) is 0 Å². The molecule has 1 fully saturated rings. The average molecular weight is 225 g/mol. The lowest BCUT2D eigenvalue weighted by atomic mass is 10.2. The first-order valence-corrected chi connectivity index (χ1v) is 6.06. The molecule has 15 heavy (non-hydrogen) atoms. The number of aromatic nitrogens is 1. The largest absolute Gasteiger partial charge is 0.387 e. The van der Waals surface area contributed by atoms with Gasteiger partial charge in [0.15, 0.2) is 0 Å². The molecule has 1 aliphatic rings. The zero-order chi connectivity index (χ0) is 10.7. The Balaban J connectivity index is 1.96. The molecule has 0 unspecified atom stereocenters. The topological polar surface area (TPSA) is 42.4 Å². The van der Waals surface area contributed by atoms with E-state index in [1.54, 1.807) is 11.8 Å². The predicted molar refractivity (Wildman–Crippen MR) is 60.0 cm³/mol. The van der Waals surface area contributed by atoms with Gasteiger partial charge in [-0.15, -0.1) is 11.8 Å². The fourth-order valence-corrected chi connectivity index (χ4v) is 2.32. The second-order valence-electron chi connectivity index (χ2n) is 3.62. The number of pyridine rings is 1. The SMILES string of the molecule is CC[C@H](O)c1ccc(SC2COC2)cn1. The lowest BCUT2D eigenvalue weighted by Gasteiger charge is -2.25. The van der Waals surface area contributed by atoms with Gasteiger partial charge in [-0.25, -0.2) is 0 Å². The van der Waals surface area contributed by atoms with E-state index in [2.05, 4.69) is 4.98 Å². The van der Waals surface area contributed by atoms with E-state index in [1.165, 1.54) is 0 Å². The van der Waals surface area contributed by atoms with Gasteiger partial charge in [-0.1, -0.05) is 6.92 Å². The summed E-state index contributed by atoms with van der Waals surface area (Å²) in [5, 5.41) is 10.1. The molecule has 0 spiro atoms. The number of aliphatic hydroxyl groups is 1. The Morgan fingerprint density at radius 3 is 2.87 bits per heavy atom. The maximum atomic E-state index is 9.57.